The van der Waals surface area contributed by atoms with E-state index in [1.54, 1.807) is 85.1 Å². The van der Waals surface area contributed by atoms with Crippen molar-refractivity contribution in [2.24, 2.45) is 0 Å². The third kappa shape index (κ3) is 12.0. The Morgan fingerprint density at radius 3 is 1.80 bits per heavy atom. The van der Waals surface area contributed by atoms with Crippen LogP contribution in [0.25, 0.3) is 32.7 Å². The van der Waals surface area contributed by atoms with Crippen molar-refractivity contribution < 1.29 is 37.9 Å². The number of carbonyl (C=O) groups is 3. The molecule has 0 aliphatic heterocycles. The number of nitrogens with zero attached hydrogens (tertiary/aromatic N) is 3. The van der Waals surface area contributed by atoms with E-state index in [0.717, 1.165) is 31.9 Å². The fraction of sp³-hybridized carbons (Fsp3) is 0.0909. The Kier molecular flexibility index (Phi) is 15.0. The fourth-order valence-corrected chi connectivity index (χ4v) is 4.50. The smallest absolute Gasteiger partial charge is 0.339 e. The largest absolute Gasteiger partial charge is 0.618 e. The van der Waals surface area contributed by atoms with Crippen LogP contribution >= 0.6 is 62.1 Å². The molecule has 0 fully saturated rings. The van der Waals surface area contributed by atoms with Crippen molar-refractivity contribution in [2.75, 3.05) is 21.3 Å². The lowest BCUT2D eigenvalue weighted by molar-refractivity contribution is -0.577. The van der Waals surface area contributed by atoms with Gasteiger partial charge in [0, 0.05) is 34.5 Å². The Hall–Kier alpha value is -4.22. The second-order valence-corrected chi connectivity index (χ2v) is 17.0. The van der Waals surface area contributed by atoms with Gasteiger partial charge in [0.15, 0.2) is 6.20 Å². The van der Waals surface area contributed by atoms with Gasteiger partial charge in [-0.3, -0.25) is 9.55 Å². The summed E-state index contributed by atoms with van der Waals surface area (Å²) in [5.74, 6) is -1.14. The van der Waals surface area contributed by atoms with Crippen molar-refractivity contribution in [3.05, 3.63) is 129 Å². The highest BCUT2D eigenvalue weighted by Gasteiger charge is 2.10. The van der Waals surface area contributed by atoms with E-state index in [1.165, 1.54) is 27.5 Å². The molecule has 50 heavy (non-hydrogen) atoms. The van der Waals surface area contributed by atoms with E-state index in [-0.39, 0.29) is 11.9 Å². The SMILES string of the molecule is COC(=O)c1ccc2c(ccc[n+]2[O-])c1.COC(=O)c1ccc2nc(Cl)ccc2c1.COC(=O)c1ccc2nccc(Cl)c2c1.O=P(Cl)(Cl)Cl. The first-order valence-corrected chi connectivity index (χ1v) is 19.0. The molecular formula is C33H25Cl5N3O8P. The molecule has 3 heterocycles. The zero-order chi connectivity index (χ0) is 37.0. The van der Waals surface area contributed by atoms with Gasteiger partial charge >= 0.3 is 23.1 Å². The van der Waals surface area contributed by atoms with Gasteiger partial charge in [-0.2, -0.15) is 4.73 Å². The average molecular weight is 800 g/mol. The second kappa shape index (κ2) is 18.7. The molecule has 0 bridgehead atoms. The highest BCUT2D eigenvalue weighted by molar-refractivity contribution is 8.24. The van der Waals surface area contributed by atoms with Gasteiger partial charge in [-0.1, -0.05) is 23.2 Å². The van der Waals surface area contributed by atoms with Crippen molar-refractivity contribution in [2.45, 2.75) is 0 Å². The Morgan fingerprint density at radius 2 is 1.22 bits per heavy atom. The molecule has 0 aliphatic carbocycles. The summed E-state index contributed by atoms with van der Waals surface area (Å²) < 4.78 is 24.1. The van der Waals surface area contributed by atoms with Crippen LogP contribution in [-0.2, 0) is 18.8 Å². The Labute approximate surface area is 309 Å². The molecule has 260 valence electrons. The molecule has 11 nitrogen and oxygen atoms in total. The van der Waals surface area contributed by atoms with E-state index in [2.05, 4.69) is 57.9 Å². The van der Waals surface area contributed by atoms with Crippen molar-refractivity contribution in [1.29, 1.82) is 0 Å². The molecule has 0 N–H and O–H groups in total. The lowest BCUT2D eigenvalue weighted by atomic mass is 10.1. The second-order valence-electron chi connectivity index (χ2n) is 9.55. The van der Waals surface area contributed by atoms with Crippen LogP contribution in [0, 0.1) is 5.21 Å². The summed E-state index contributed by atoms with van der Waals surface area (Å²) in [5.41, 5.74) is 3.47. The first-order chi connectivity index (χ1) is 23.6. The average Bonchev–Trinajstić information content (AvgIpc) is 3.10. The summed E-state index contributed by atoms with van der Waals surface area (Å²) in [6.07, 6.45) is 3.04. The standard InChI is InChI=1S/2C11H8ClNO2.C11H9NO3.Cl3OP/c1-15-11(14)8-2-4-9-7(6-8)3-5-10(12)13-9;1-15-11(14)7-2-3-10-8(6-7)9(12)4-5-13-10;1-15-11(13)9-4-5-10-8(7-9)3-2-6-12(10)14;1-5(2,3)4/h2*2-6H,1H3;2-7H,1H3;. The molecule has 0 aliphatic rings. The van der Waals surface area contributed by atoms with E-state index in [4.69, 9.17) is 23.2 Å². The van der Waals surface area contributed by atoms with E-state index in [0.29, 0.717) is 32.4 Å². The molecule has 0 atom stereocenters. The minimum atomic E-state index is -3.22. The summed E-state index contributed by atoms with van der Waals surface area (Å²) in [5, 5.41) is 11.5. The van der Waals surface area contributed by atoms with Crippen molar-refractivity contribution in [1.82, 2.24) is 9.97 Å². The molecule has 0 radical (unpaired) electrons. The number of benzene rings is 3. The van der Waals surface area contributed by atoms with E-state index >= 15 is 0 Å². The van der Waals surface area contributed by atoms with Crippen LogP contribution < -0.4 is 4.73 Å². The van der Waals surface area contributed by atoms with Crippen LogP contribution in [0.3, 0.4) is 0 Å². The molecule has 0 saturated carbocycles. The highest BCUT2D eigenvalue weighted by Crippen LogP contribution is 2.61. The lowest BCUT2D eigenvalue weighted by Crippen LogP contribution is -2.25. The minimum absolute atomic E-state index is 0.355. The topological polar surface area (TPSA) is 149 Å². The van der Waals surface area contributed by atoms with Crippen LogP contribution in [0.1, 0.15) is 31.1 Å². The van der Waals surface area contributed by atoms with Gasteiger partial charge in [-0.25, -0.2) is 19.4 Å². The highest BCUT2D eigenvalue weighted by atomic mass is 36.0. The summed E-state index contributed by atoms with van der Waals surface area (Å²) >= 11 is 25.6. The van der Waals surface area contributed by atoms with E-state index in [1.807, 2.05) is 6.07 Å². The van der Waals surface area contributed by atoms with Gasteiger partial charge in [0.25, 0.3) is 0 Å². The molecule has 0 unspecified atom stereocenters. The number of methoxy groups -OCH3 is 3. The molecule has 6 aromatic rings. The molecule has 0 saturated heterocycles. The van der Waals surface area contributed by atoms with Crippen LogP contribution in [0.4, 0.5) is 0 Å². The molecule has 6 rings (SSSR count). The number of esters is 3. The maximum absolute atomic E-state index is 11.3. The predicted molar refractivity (Wildman–Crippen MR) is 196 cm³/mol. The number of ether oxygens (including phenoxy) is 3. The number of carbonyl (C=O) groups excluding carboxylic acids is 3. The number of pyridine rings is 3. The van der Waals surface area contributed by atoms with Gasteiger partial charge < -0.3 is 19.4 Å². The third-order valence-corrected chi connectivity index (χ3v) is 6.91. The van der Waals surface area contributed by atoms with E-state index in [9.17, 15) is 24.2 Å². The zero-order valence-electron chi connectivity index (χ0n) is 26.2. The van der Waals surface area contributed by atoms with Gasteiger partial charge in [-0.15, -0.1) is 0 Å². The molecule has 3 aromatic carbocycles. The first kappa shape index (κ1) is 40.2. The summed E-state index contributed by atoms with van der Waals surface area (Å²) in [7, 11) is 4.02. The monoisotopic (exact) mass is 797 g/mol. The van der Waals surface area contributed by atoms with Crippen molar-refractivity contribution in [3.63, 3.8) is 0 Å². The van der Waals surface area contributed by atoms with Crippen LogP contribution in [0.2, 0.25) is 10.2 Å². The van der Waals surface area contributed by atoms with Crippen LogP contribution in [0.15, 0.2) is 97.3 Å². The molecule has 0 amide bonds. The number of hydrogen-bond donors (Lipinski definition) is 0. The third-order valence-electron chi connectivity index (χ3n) is 6.37. The minimum Gasteiger partial charge on any atom is -0.618 e. The molecule has 3 aromatic heterocycles. The Bertz CT molecular complexity index is 2200. The quantitative estimate of drug-likeness (QED) is 0.0423. The van der Waals surface area contributed by atoms with Gasteiger partial charge in [0.2, 0.25) is 5.52 Å². The summed E-state index contributed by atoms with van der Waals surface area (Å²) in [4.78, 5) is 42.0. The molecule has 17 heteroatoms. The normalized spacial score (nSPS) is 10.4. The maximum atomic E-state index is 11.3. The first-order valence-electron chi connectivity index (χ1n) is 13.8. The lowest BCUT2D eigenvalue weighted by Gasteiger charge is -2.02. The summed E-state index contributed by atoms with van der Waals surface area (Å²) in [6.45, 7) is 0. The Balaban J connectivity index is 0.000000190. The van der Waals surface area contributed by atoms with Gasteiger partial charge in [0.1, 0.15) is 5.15 Å². The zero-order valence-corrected chi connectivity index (χ0v) is 30.9. The van der Waals surface area contributed by atoms with Gasteiger partial charge in [-0.05, 0) is 107 Å². The Morgan fingerprint density at radius 1 is 0.700 bits per heavy atom. The van der Waals surface area contributed by atoms with Crippen LogP contribution in [-0.4, -0.2) is 49.2 Å². The predicted octanol–water partition coefficient (Wildman–Crippen LogP) is 9.42. The van der Waals surface area contributed by atoms with E-state index < -0.39 is 11.2 Å². The fourth-order valence-electron chi connectivity index (χ4n) is 4.14. The molecular weight excluding hydrogens is 775 g/mol. The number of halogens is 5. The van der Waals surface area contributed by atoms with Gasteiger partial charge in [0.05, 0.1) is 54.1 Å². The van der Waals surface area contributed by atoms with Crippen LogP contribution in [0.5, 0.6) is 0 Å². The number of aromatic nitrogens is 3. The maximum Gasteiger partial charge on any atom is 0.339 e. The number of rotatable bonds is 3. The van der Waals surface area contributed by atoms with Crippen molar-refractivity contribution >= 4 is 113 Å². The van der Waals surface area contributed by atoms with Crippen molar-refractivity contribution in [3.8, 4) is 0 Å². The molecule has 0 spiro atoms. The number of fused-ring (bicyclic) bond motifs is 3. The number of hydrogen-bond acceptors (Lipinski definition) is 10. The summed E-state index contributed by atoms with van der Waals surface area (Å²) in [6, 6.07) is 23.6.